The average Bonchev–Trinajstić information content (AvgIpc) is 3.53. The Balaban J connectivity index is 1.22. The number of likely N-dealkylation sites (tertiary alicyclic amines) is 1. The second kappa shape index (κ2) is 12.9. The Bertz CT molecular complexity index is 957. The van der Waals surface area contributed by atoms with Crippen molar-refractivity contribution in [3.63, 3.8) is 0 Å². The third-order valence-electron chi connectivity index (χ3n) is 9.52. The van der Waals surface area contributed by atoms with Crippen LogP contribution in [0, 0.1) is 5.92 Å². The summed E-state index contributed by atoms with van der Waals surface area (Å²) < 4.78 is 21.6. The Morgan fingerprint density at radius 2 is 1.90 bits per heavy atom. The quantitative estimate of drug-likeness (QED) is 0.351. The van der Waals surface area contributed by atoms with E-state index < -0.39 is 0 Å². The second-order valence-corrected chi connectivity index (χ2v) is 12.4. The third-order valence-corrected chi connectivity index (χ3v) is 9.52. The van der Waals surface area contributed by atoms with Crippen molar-refractivity contribution in [2.75, 3.05) is 60.0 Å². The van der Waals surface area contributed by atoms with E-state index >= 15 is 0 Å². The summed E-state index contributed by atoms with van der Waals surface area (Å²) in [5.74, 6) is 1.26. The molecule has 0 saturated carbocycles. The monoisotopic (exact) mass is 561 g/mol. The first kappa shape index (κ1) is 28.8. The molecule has 0 aromatic carbocycles. The highest BCUT2D eigenvalue weighted by Gasteiger charge is 2.42. The van der Waals surface area contributed by atoms with E-state index in [2.05, 4.69) is 68.5 Å². The van der Waals surface area contributed by atoms with Gasteiger partial charge >= 0.3 is 0 Å². The zero-order valence-corrected chi connectivity index (χ0v) is 24.8. The fourth-order valence-electron chi connectivity index (χ4n) is 7.17. The molecule has 5 aliphatic rings. The molecule has 40 heavy (non-hydrogen) atoms. The van der Waals surface area contributed by atoms with Gasteiger partial charge in [0.2, 0.25) is 5.88 Å². The summed E-state index contributed by atoms with van der Waals surface area (Å²) in [6, 6.07) is 0.419. The molecular weight excluding hydrogens is 510 g/mol. The molecule has 12 nitrogen and oxygen atoms in total. The van der Waals surface area contributed by atoms with Gasteiger partial charge in [-0.2, -0.15) is 0 Å². The molecule has 1 aromatic rings. The van der Waals surface area contributed by atoms with E-state index in [1.807, 2.05) is 6.92 Å². The van der Waals surface area contributed by atoms with Gasteiger partial charge in [0.25, 0.3) is 0 Å². The zero-order valence-electron chi connectivity index (χ0n) is 24.8. The lowest BCUT2D eigenvalue weighted by Gasteiger charge is -2.43. The number of aromatic nitrogens is 2. The minimum absolute atomic E-state index is 0.0171. The Kier molecular flexibility index (Phi) is 9.26. The van der Waals surface area contributed by atoms with Crippen LogP contribution in [0.2, 0.25) is 0 Å². The topological polar surface area (TPSA) is 112 Å². The fraction of sp³-hybridized carbons (Fsp3) is 0.893. The van der Waals surface area contributed by atoms with Crippen molar-refractivity contribution in [1.29, 1.82) is 0 Å². The van der Waals surface area contributed by atoms with Crippen molar-refractivity contribution in [3.05, 3.63) is 11.8 Å². The Hall–Kier alpha value is -1.35. The molecule has 12 heteroatoms. The number of rotatable bonds is 4. The molecule has 6 heterocycles. The smallest absolute Gasteiger partial charge is 0.236 e. The average molecular weight is 562 g/mol. The van der Waals surface area contributed by atoms with E-state index in [0.717, 1.165) is 70.7 Å². The molecule has 226 valence electrons. The molecule has 5 N–H and O–H groups in total. The van der Waals surface area contributed by atoms with E-state index in [9.17, 15) is 0 Å². The number of nitrogens with one attached hydrogen (secondary N) is 5. The maximum Gasteiger partial charge on any atom is 0.236 e. The predicted octanol–water partition coefficient (Wildman–Crippen LogP) is 0.363. The van der Waals surface area contributed by atoms with Crippen molar-refractivity contribution in [3.8, 4) is 5.88 Å². The van der Waals surface area contributed by atoms with Gasteiger partial charge in [0, 0.05) is 50.2 Å². The first-order valence-corrected chi connectivity index (χ1v) is 15.6. The molecule has 0 radical (unpaired) electrons. The summed E-state index contributed by atoms with van der Waals surface area (Å²) in [5.41, 5.74) is 4.64. The predicted molar refractivity (Wildman–Crippen MR) is 153 cm³/mol. The minimum atomic E-state index is 0.0171. The Morgan fingerprint density at radius 3 is 2.73 bits per heavy atom. The standard InChI is InChI=1S/C28H51N9O3/c1-5-38-27-22(17-37(34-27)19-7-11-35(3)12-8-19)20-15-30-25-14-23(20)40-18(2)9-13-39-28-21(16-31-36(28)4)26-29-10-6-24(32-25)33-26/h17-21,23-26,28-33H,5-16H2,1-4H3/t18-,20?,21?,23?,24?,25?,26?,28?/m0/s1. The van der Waals surface area contributed by atoms with Gasteiger partial charge in [-0.1, -0.05) is 0 Å². The van der Waals surface area contributed by atoms with Crippen LogP contribution < -0.4 is 31.4 Å². The van der Waals surface area contributed by atoms with Crippen LogP contribution in [-0.2, 0) is 9.47 Å². The molecule has 6 rings (SSSR count). The van der Waals surface area contributed by atoms with Gasteiger partial charge in [-0.3, -0.25) is 20.7 Å². The molecule has 0 aliphatic carbocycles. The van der Waals surface area contributed by atoms with Gasteiger partial charge in [-0.25, -0.2) is 5.01 Å². The van der Waals surface area contributed by atoms with E-state index in [0.29, 0.717) is 25.2 Å². The van der Waals surface area contributed by atoms with Gasteiger partial charge in [0.15, 0.2) is 0 Å². The number of fused-ring (bicyclic) bond motifs is 6. The summed E-state index contributed by atoms with van der Waals surface area (Å²) in [7, 11) is 4.28. The molecule has 7 unspecified atom stereocenters. The van der Waals surface area contributed by atoms with Crippen molar-refractivity contribution >= 4 is 0 Å². The number of piperidine rings is 2. The SMILES string of the molecule is CCOc1nn(C2CCN(C)CC2)cc1C1CNC2CC1O[C@@H](C)CCOC1C(CNN1C)C1NCCC(N2)N1. The molecule has 8 atom stereocenters. The van der Waals surface area contributed by atoms with Gasteiger partial charge in [0.05, 0.1) is 50.0 Å². The molecule has 1 aromatic heterocycles. The lowest BCUT2D eigenvalue weighted by Crippen LogP contribution is -2.66. The van der Waals surface area contributed by atoms with Crippen LogP contribution >= 0.6 is 0 Å². The van der Waals surface area contributed by atoms with E-state index in [1.54, 1.807) is 0 Å². The van der Waals surface area contributed by atoms with Gasteiger partial charge in [0.1, 0.15) is 6.23 Å². The molecule has 5 fully saturated rings. The highest BCUT2D eigenvalue weighted by atomic mass is 16.5. The lowest BCUT2D eigenvalue weighted by atomic mass is 9.88. The number of hydrazine groups is 1. The van der Waals surface area contributed by atoms with E-state index in [4.69, 9.17) is 19.3 Å². The highest BCUT2D eigenvalue weighted by molar-refractivity contribution is 5.30. The largest absolute Gasteiger partial charge is 0.477 e. The first-order chi connectivity index (χ1) is 19.5. The summed E-state index contributed by atoms with van der Waals surface area (Å²) >= 11 is 0. The van der Waals surface area contributed by atoms with Crippen LogP contribution in [0.4, 0.5) is 0 Å². The van der Waals surface area contributed by atoms with E-state index in [-0.39, 0.29) is 42.9 Å². The molecule has 4 bridgehead atoms. The summed E-state index contributed by atoms with van der Waals surface area (Å²) in [4.78, 5) is 2.40. The maximum atomic E-state index is 6.86. The van der Waals surface area contributed by atoms with Crippen molar-refractivity contribution in [2.24, 2.45) is 5.92 Å². The van der Waals surface area contributed by atoms with Crippen LogP contribution in [0.3, 0.4) is 0 Å². The van der Waals surface area contributed by atoms with Crippen LogP contribution in [0.1, 0.15) is 63.5 Å². The first-order valence-electron chi connectivity index (χ1n) is 15.6. The van der Waals surface area contributed by atoms with E-state index in [1.165, 1.54) is 5.56 Å². The summed E-state index contributed by atoms with van der Waals surface area (Å²) in [5, 5.41) is 22.3. The van der Waals surface area contributed by atoms with Gasteiger partial charge in [-0.05, 0) is 66.2 Å². The number of nitrogens with zero attached hydrogens (tertiary/aromatic N) is 4. The fourth-order valence-corrected chi connectivity index (χ4v) is 7.17. The third kappa shape index (κ3) is 6.35. The molecule has 5 aliphatic heterocycles. The second-order valence-electron chi connectivity index (χ2n) is 12.4. The normalized spacial score (nSPS) is 39.0. The van der Waals surface area contributed by atoms with Crippen LogP contribution in [0.15, 0.2) is 6.20 Å². The molecule has 5 saturated heterocycles. The zero-order chi connectivity index (χ0) is 27.6. The minimum Gasteiger partial charge on any atom is -0.477 e. The molecular formula is C28H51N9O3. The highest BCUT2D eigenvalue weighted by Crippen LogP contribution is 2.36. The number of hydrogen-bond acceptors (Lipinski definition) is 11. The Morgan fingerprint density at radius 1 is 1.05 bits per heavy atom. The van der Waals surface area contributed by atoms with Gasteiger partial charge < -0.3 is 29.7 Å². The van der Waals surface area contributed by atoms with Gasteiger partial charge in [-0.15, -0.1) is 5.10 Å². The number of ether oxygens (including phenoxy) is 3. The molecule has 0 amide bonds. The van der Waals surface area contributed by atoms with Crippen molar-refractivity contribution < 1.29 is 14.2 Å². The summed E-state index contributed by atoms with van der Waals surface area (Å²) in [6.45, 7) is 10.4. The number of hydrogen-bond donors (Lipinski definition) is 5. The lowest BCUT2D eigenvalue weighted by molar-refractivity contribution is -0.0967. The van der Waals surface area contributed by atoms with Crippen LogP contribution in [-0.4, -0.2) is 117 Å². The van der Waals surface area contributed by atoms with Crippen LogP contribution in [0.25, 0.3) is 0 Å². The maximum absolute atomic E-state index is 6.86. The van der Waals surface area contributed by atoms with Crippen molar-refractivity contribution in [1.82, 2.24) is 46.4 Å². The molecule has 0 spiro atoms. The van der Waals surface area contributed by atoms with Crippen LogP contribution in [0.5, 0.6) is 5.88 Å². The summed E-state index contributed by atoms with van der Waals surface area (Å²) in [6.07, 6.45) is 7.99. The van der Waals surface area contributed by atoms with Crippen molar-refractivity contribution in [2.45, 2.75) is 94.8 Å². The Labute approximate surface area is 239 Å².